The molecule has 6 nitrogen and oxygen atoms in total. The van der Waals surface area contributed by atoms with Crippen molar-refractivity contribution in [3.8, 4) is 0 Å². The van der Waals surface area contributed by atoms with Gasteiger partial charge in [-0.05, 0) is 31.5 Å². The second-order valence-electron chi connectivity index (χ2n) is 6.16. The molecular formula is C17H21N3O3. The van der Waals surface area contributed by atoms with Gasteiger partial charge in [0.2, 0.25) is 0 Å². The number of likely N-dealkylation sites (tertiary alicyclic amines) is 1. The highest BCUT2D eigenvalue weighted by molar-refractivity contribution is 5.38. The maximum absolute atomic E-state index is 12.2. The summed E-state index contributed by atoms with van der Waals surface area (Å²) < 4.78 is 13.0. The van der Waals surface area contributed by atoms with Gasteiger partial charge < -0.3 is 9.47 Å². The van der Waals surface area contributed by atoms with Gasteiger partial charge in [-0.1, -0.05) is 12.5 Å². The van der Waals surface area contributed by atoms with E-state index in [1.165, 1.54) is 6.42 Å². The number of piperidine rings is 1. The molecule has 0 bridgehead atoms. The number of rotatable bonds is 3. The standard InChI is InChI=1S/C17H21N3O3/c21-16-11-13(18-15-6-2-4-8-20(15)16)12-19-7-3-1-5-14(19)17-22-9-10-23-17/h2,4,6,8,11,14,17H,1,3,5,7,9-10,12H2/t14-/m0/s1. The summed E-state index contributed by atoms with van der Waals surface area (Å²) in [5.41, 5.74) is 1.47. The van der Waals surface area contributed by atoms with Crippen molar-refractivity contribution in [1.82, 2.24) is 14.3 Å². The summed E-state index contributed by atoms with van der Waals surface area (Å²) in [6, 6.07) is 7.49. The van der Waals surface area contributed by atoms with E-state index in [0.717, 1.165) is 25.1 Å². The zero-order valence-corrected chi connectivity index (χ0v) is 13.1. The summed E-state index contributed by atoms with van der Waals surface area (Å²) in [6.45, 7) is 2.99. The SMILES string of the molecule is O=c1cc(CN2CCCC[C@H]2C2OCCO2)nc2ccccn12. The third-order valence-electron chi connectivity index (χ3n) is 4.62. The van der Waals surface area contributed by atoms with Crippen LogP contribution in [0.2, 0.25) is 0 Å². The van der Waals surface area contributed by atoms with Gasteiger partial charge in [0, 0.05) is 18.8 Å². The topological polar surface area (TPSA) is 56.1 Å². The van der Waals surface area contributed by atoms with Gasteiger partial charge in [0.15, 0.2) is 6.29 Å². The van der Waals surface area contributed by atoms with E-state index >= 15 is 0 Å². The highest BCUT2D eigenvalue weighted by Crippen LogP contribution is 2.25. The first-order valence-corrected chi connectivity index (χ1v) is 8.26. The number of pyridine rings is 1. The second kappa shape index (κ2) is 6.39. The molecule has 0 aromatic carbocycles. The summed E-state index contributed by atoms with van der Waals surface area (Å²) in [7, 11) is 0. The average Bonchev–Trinajstić information content (AvgIpc) is 3.10. The minimum absolute atomic E-state index is 0.0347. The number of ether oxygens (including phenoxy) is 2. The van der Waals surface area contributed by atoms with Gasteiger partial charge in [0.1, 0.15) is 5.65 Å². The van der Waals surface area contributed by atoms with E-state index in [1.54, 1.807) is 16.7 Å². The smallest absolute Gasteiger partial charge is 0.258 e. The lowest BCUT2D eigenvalue weighted by molar-refractivity contribution is -0.111. The maximum Gasteiger partial charge on any atom is 0.258 e. The predicted octanol–water partition coefficient (Wildman–Crippen LogP) is 1.42. The molecule has 0 unspecified atom stereocenters. The van der Waals surface area contributed by atoms with Gasteiger partial charge in [-0.2, -0.15) is 0 Å². The zero-order chi connectivity index (χ0) is 15.6. The van der Waals surface area contributed by atoms with Crippen molar-refractivity contribution in [3.05, 3.63) is 46.5 Å². The highest BCUT2D eigenvalue weighted by atomic mass is 16.7. The van der Waals surface area contributed by atoms with E-state index in [4.69, 9.17) is 9.47 Å². The Morgan fingerprint density at radius 2 is 2.09 bits per heavy atom. The lowest BCUT2D eigenvalue weighted by atomic mass is 10.0. The van der Waals surface area contributed by atoms with E-state index in [1.807, 2.05) is 18.2 Å². The fourth-order valence-electron chi connectivity index (χ4n) is 3.51. The molecule has 0 amide bonds. The molecule has 2 aromatic heterocycles. The molecular weight excluding hydrogens is 294 g/mol. The molecule has 2 fully saturated rings. The Bertz CT molecular complexity index is 739. The molecule has 2 aliphatic rings. The number of hydrogen-bond acceptors (Lipinski definition) is 5. The van der Waals surface area contributed by atoms with Crippen molar-refractivity contribution < 1.29 is 9.47 Å². The van der Waals surface area contributed by atoms with Crippen LogP contribution in [0, 0.1) is 0 Å². The van der Waals surface area contributed by atoms with Gasteiger partial charge in [-0.3, -0.25) is 14.1 Å². The van der Waals surface area contributed by atoms with Gasteiger partial charge in [-0.15, -0.1) is 0 Å². The van der Waals surface area contributed by atoms with Crippen molar-refractivity contribution in [1.29, 1.82) is 0 Å². The summed E-state index contributed by atoms with van der Waals surface area (Å²) >= 11 is 0. The Morgan fingerprint density at radius 1 is 1.22 bits per heavy atom. The lowest BCUT2D eigenvalue weighted by Gasteiger charge is -2.37. The van der Waals surface area contributed by atoms with Crippen molar-refractivity contribution in [3.63, 3.8) is 0 Å². The first-order valence-electron chi connectivity index (χ1n) is 8.26. The fraction of sp³-hybridized carbons (Fsp3) is 0.529. The van der Waals surface area contributed by atoms with Crippen LogP contribution in [0.4, 0.5) is 0 Å². The van der Waals surface area contributed by atoms with Crippen LogP contribution in [-0.2, 0) is 16.0 Å². The van der Waals surface area contributed by atoms with Gasteiger partial charge >= 0.3 is 0 Å². The minimum Gasteiger partial charge on any atom is -0.349 e. The number of hydrogen-bond donors (Lipinski definition) is 0. The summed E-state index contributed by atoms with van der Waals surface area (Å²) in [4.78, 5) is 19.2. The highest BCUT2D eigenvalue weighted by Gasteiger charge is 2.33. The normalized spacial score (nSPS) is 23.6. The monoisotopic (exact) mass is 315 g/mol. The quantitative estimate of drug-likeness (QED) is 0.857. The second-order valence-corrected chi connectivity index (χ2v) is 6.16. The zero-order valence-electron chi connectivity index (χ0n) is 13.1. The van der Waals surface area contributed by atoms with Crippen LogP contribution >= 0.6 is 0 Å². The average molecular weight is 315 g/mol. The van der Waals surface area contributed by atoms with E-state index in [2.05, 4.69) is 9.88 Å². The third-order valence-corrected chi connectivity index (χ3v) is 4.62. The first-order chi connectivity index (χ1) is 11.3. The minimum atomic E-state index is -0.142. The Labute approximate surface area is 134 Å². The summed E-state index contributed by atoms with van der Waals surface area (Å²) in [5, 5.41) is 0. The molecule has 0 spiro atoms. The molecule has 4 rings (SSSR count). The molecule has 0 radical (unpaired) electrons. The van der Waals surface area contributed by atoms with Crippen LogP contribution in [0.1, 0.15) is 25.0 Å². The van der Waals surface area contributed by atoms with Crippen LogP contribution in [0.5, 0.6) is 0 Å². The molecule has 6 heteroatoms. The van der Waals surface area contributed by atoms with Crippen molar-refractivity contribution in [2.45, 2.75) is 38.1 Å². The van der Waals surface area contributed by atoms with Crippen LogP contribution in [-0.4, -0.2) is 46.4 Å². The Morgan fingerprint density at radius 3 is 2.96 bits per heavy atom. The molecule has 23 heavy (non-hydrogen) atoms. The van der Waals surface area contributed by atoms with Crippen LogP contribution < -0.4 is 5.56 Å². The number of nitrogens with zero attached hydrogens (tertiary/aromatic N) is 3. The van der Waals surface area contributed by atoms with Crippen molar-refractivity contribution >= 4 is 5.65 Å². The Hall–Kier alpha value is -1.76. The van der Waals surface area contributed by atoms with Crippen LogP contribution in [0.15, 0.2) is 35.3 Å². The van der Waals surface area contributed by atoms with Crippen molar-refractivity contribution in [2.24, 2.45) is 0 Å². The molecule has 0 N–H and O–H groups in total. The molecule has 1 atom stereocenters. The van der Waals surface area contributed by atoms with Gasteiger partial charge in [-0.25, -0.2) is 4.98 Å². The van der Waals surface area contributed by atoms with Gasteiger partial charge in [0.05, 0.1) is 24.9 Å². The largest absolute Gasteiger partial charge is 0.349 e. The first kappa shape index (κ1) is 14.8. The Kier molecular flexibility index (Phi) is 4.11. The van der Waals surface area contributed by atoms with Crippen LogP contribution in [0.3, 0.4) is 0 Å². The Balaban J connectivity index is 1.59. The van der Waals surface area contributed by atoms with E-state index in [9.17, 15) is 4.79 Å². The van der Waals surface area contributed by atoms with Crippen molar-refractivity contribution in [2.75, 3.05) is 19.8 Å². The lowest BCUT2D eigenvalue weighted by Crippen LogP contribution is -2.47. The van der Waals surface area contributed by atoms with E-state index in [0.29, 0.717) is 25.4 Å². The van der Waals surface area contributed by atoms with E-state index in [-0.39, 0.29) is 17.9 Å². The number of aromatic nitrogens is 2. The summed E-state index contributed by atoms with van der Waals surface area (Å²) in [6.07, 6.45) is 5.03. The molecule has 122 valence electrons. The van der Waals surface area contributed by atoms with E-state index < -0.39 is 0 Å². The van der Waals surface area contributed by atoms with Crippen LogP contribution in [0.25, 0.3) is 5.65 Å². The predicted molar refractivity (Wildman–Crippen MR) is 85.2 cm³/mol. The molecule has 0 saturated carbocycles. The molecule has 2 aliphatic heterocycles. The molecule has 2 aromatic rings. The maximum atomic E-state index is 12.2. The molecule has 0 aliphatic carbocycles. The molecule has 4 heterocycles. The fourth-order valence-corrected chi connectivity index (χ4v) is 3.51. The third kappa shape index (κ3) is 3.02. The van der Waals surface area contributed by atoms with Gasteiger partial charge in [0.25, 0.3) is 5.56 Å². The summed E-state index contributed by atoms with van der Waals surface area (Å²) in [5.74, 6) is 0. The number of fused-ring (bicyclic) bond motifs is 1. The molecule has 2 saturated heterocycles.